The van der Waals surface area contributed by atoms with E-state index in [4.69, 9.17) is 5.73 Å². The minimum Gasteiger partial charge on any atom is -0.374 e. The number of hydrogen-bond acceptors (Lipinski definition) is 6. The summed E-state index contributed by atoms with van der Waals surface area (Å²) in [5, 5.41) is 7.22. The summed E-state index contributed by atoms with van der Waals surface area (Å²) in [6, 6.07) is 7.42. The molecule has 1 aromatic carbocycles. The van der Waals surface area contributed by atoms with E-state index in [2.05, 4.69) is 26.1 Å². The smallest absolute Gasteiger partial charge is 0.272 e. The Morgan fingerprint density at radius 2 is 1.95 bits per heavy atom. The third-order valence-corrected chi connectivity index (χ3v) is 5.80. The van der Waals surface area contributed by atoms with Crippen LogP contribution in [0.2, 0.25) is 0 Å². The number of nitrogens with two attached hydrogens (primary N) is 1. The number of nitrogens with zero attached hydrogens (tertiary/aromatic N) is 3. The van der Waals surface area contributed by atoms with Crippen LogP contribution in [-0.4, -0.2) is 30.0 Å². The van der Waals surface area contributed by atoms with Crippen molar-refractivity contribution in [1.82, 2.24) is 14.5 Å². The van der Waals surface area contributed by atoms with Crippen molar-refractivity contribution in [2.24, 2.45) is 0 Å². The lowest BCUT2D eigenvalue weighted by Gasteiger charge is -2.14. The SMILES string of the molecule is CN(Cc1ccc(Br)cc1)S(=O)(=O)c1nnc(N)s1. The Labute approximate surface area is 123 Å². The Balaban J connectivity index is 2.19. The Bertz CT molecular complexity index is 669. The van der Waals surface area contributed by atoms with Crippen molar-refractivity contribution in [1.29, 1.82) is 0 Å². The predicted molar refractivity (Wildman–Crippen MR) is 77.1 cm³/mol. The topological polar surface area (TPSA) is 89.2 Å². The van der Waals surface area contributed by atoms with Crippen LogP contribution in [-0.2, 0) is 16.6 Å². The van der Waals surface area contributed by atoms with E-state index in [1.54, 1.807) is 0 Å². The monoisotopic (exact) mass is 362 g/mol. The fraction of sp³-hybridized carbons (Fsp3) is 0.200. The molecule has 0 saturated carbocycles. The van der Waals surface area contributed by atoms with Crippen molar-refractivity contribution in [3.8, 4) is 0 Å². The van der Waals surface area contributed by atoms with Crippen LogP contribution < -0.4 is 5.73 Å². The van der Waals surface area contributed by atoms with Gasteiger partial charge in [-0.25, -0.2) is 8.42 Å². The fourth-order valence-corrected chi connectivity index (χ4v) is 3.79. The lowest BCUT2D eigenvalue weighted by molar-refractivity contribution is 0.465. The van der Waals surface area contributed by atoms with Crippen LogP contribution in [0, 0.1) is 0 Å². The molecule has 0 atom stereocenters. The van der Waals surface area contributed by atoms with Crippen molar-refractivity contribution in [3.63, 3.8) is 0 Å². The van der Waals surface area contributed by atoms with E-state index in [1.807, 2.05) is 24.3 Å². The number of nitrogen functional groups attached to an aromatic ring is 1. The molecule has 0 aliphatic carbocycles. The van der Waals surface area contributed by atoms with Gasteiger partial charge in [-0.05, 0) is 17.7 Å². The van der Waals surface area contributed by atoms with Gasteiger partial charge in [0.2, 0.25) is 9.47 Å². The lowest BCUT2D eigenvalue weighted by atomic mass is 10.2. The molecule has 2 rings (SSSR count). The molecule has 2 N–H and O–H groups in total. The molecule has 6 nitrogen and oxygen atoms in total. The third kappa shape index (κ3) is 3.30. The minimum absolute atomic E-state index is 0.0930. The zero-order valence-electron chi connectivity index (χ0n) is 9.95. The maximum Gasteiger partial charge on any atom is 0.272 e. The Morgan fingerprint density at radius 3 is 2.47 bits per heavy atom. The van der Waals surface area contributed by atoms with Crippen LogP contribution >= 0.6 is 27.3 Å². The van der Waals surface area contributed by atoms with Gasteiger partial charge in [-0.1, -0.05) is 39.4 Å². The number of hydrogen-bond donors (Lipinski definition) is 1. The van der Waals surface area contributed by atoms with E-state index in [-0.39, 0.29) is 16.0 Å². The van der Waals surface area contributed by atoms with E-state index in [1.165, 1.54) is 11.4 Å². The van der Waals surface area contributed by atoms with E-state index in [0.717, 1.165) is 21.4 Å². The number of sulfonamides is 1. The van der Waals surface area contributed by atoms with Crippen molar-refractivity contribution < 1.29 is 8.42 Å². The van der Waals surface area contributed by atoms with Crippen molar-refractivity contribution in [3.05, 3.63) is 34.3 Å². The second-order valence-electron chi connectivity index (χ2n) is 3.79. The molecular weight excluding hydrogens is 352 g/mol. The molecule has 0 fully saturated rings. The summed E-state index contributed by atoms with van der Waals surface area (Å²) in [6.07, 6.45) is 0. The highest BCUT2D eigenvalue weighted by atomic mass is 79.9. The van der Waals surface area contributed by atoms with Gasteiger partial charge in [-0.3, -0.25) is 0 Å². The first kappa shape index (κ1) is 14.4. The zero-order valence-corrected chi connectivity index (χ0v) is 13.2. The maximum absolute atomic E-state index is 12.2. The van der Waals surface area contributed by atoms with Gasteiger partial charge in [-0.15, -0.1) is 10.2 Å². The van der Waals surface area contributed by atoms with Gasteiger partial charge in [0.05, 0.1) is 0 Å². The molecule has 1 aromatic heterocycles. The van der Waals surface area contributed by atoms with Crippen LogP contribution in [0.3, 0.4) is 0 Å². The lowest BCUT2D eigenvalue weighted by Crippen LogP contribution is -2.26. The summed E-state index contributed by atoms with van der Waals surface area (Å²) in [7, 11) is -2.14. The molecule has 0 aliphatic heterocycles. The molecule has 0 saturated heterocycles. The summed E-state index contributed by atoms with van der Waals surface area (Å²) in [5.41, 5.74) is 6.28. The van der Waals surface area contributed by atoms with Crippen LogP contribution in [0.1, 0.15) is 5.56 Å². The summed E-state index contributed by atoms with van der Waals surface area (Å²) in [6.45, 7) is 0.259. The molecule has 19 heavy (non-hydrogen) atoms. The summed E-state index contributed by atoms with van der Waals surface area (Å²) >= 11 is 4.18. The molecule has 0 amide bonds. The van der Waals surface area contributed by atoms with Gasteiger partial charge in [0.25, 0.3) is 10.0 Å². The van der Waals surface area contributed by atoms with E-state index in [9.17, 15) is 8.42 Å². The van der Waals surface area contributed by atoms with Gasteiger partial charge < -0.3 is 5.73 Å². The highest BCUT2D eigenvalue weighted by Crippen LogP contribution is 2.22. The van der Waals surface area contributed by atoms with Gasteiger partial charge in [0, 0.05) is 18.1 Å². The van der Waals surface area contributed by atoms with Gasteiger partial charge in [0.15, 0.2) is 0 Å². The number of anilines is 1. The first-order valence-corrected chi connectivity index (χ1v) is 8.24. The molecule has 0 spiro atoms. The van der Waals surface area contributed by atoms with E-state index < -0.39 is 10.0 Å². The average Bonchev–Trinajstić information content (AvgIpc) is 2.79. The van der Waals surface area contributed by atoms with Crippen LogP contribution in [0.25, 0.3) is 0 Å². The standard InChI is InChI=1S/C10H11BrN4O2S2/c1-15(6-7-2-4-8(11)5-3-7)19(16,17)10-14-13-9(12)18-10/h2-5H,6H2,1H3,(H2,12,13). The Morgan fingerprint density at radius 1 is 1.32 bits per heavy atom. The predicted octanol–water partition coefficient (Wildman–Crippen LogP) is 1.70. The quantitative estimate of drug-likeness (QED) is 0.893. The number of rotatable bonds is 4. The first-order valence-electron chi connectivity index (χ1n) is 5.19. The molecule has 1 heterocycles. The molecule has 102 valence electrons. The highest BCUT2D eigenvalue weighted by Gasteiger charge is 2.25. The van der Waals surface area contributed by atoms with Crippen molar-refractivity contribution in [2.75, 3.05) is 12.8 Å². The van der Waals surface area contributed by atoms with Gasteiger partial charge in [0.1, 0.15) is 0 Å². The normalized spacial score (nSPS) is 11.9. The van der Waals surface area contributed by atoms with E-state index >= 15 is 0 Å². The van der Waals surface area contributed by atoms with Crippen LogP contribution in [0.4, 0.5) is 5.13 Å². The Kier molecular flexibility index (Phi) is 4.19. The fourth-order valence-electron chi connectivity index (χ4n) is 1.39. The van der Waals surface area contributed by atoms with E-state index in [0.29, 0.717) is 0 Å². The third-order valence-electron chi connectivity index (χ3n) is 2.37. The summed E-state index contributed by atoms with van der Waals surface area (Å²) < 4.78 is 26.4. The highest BCUT2D eigenvalue weighted by molar-refractivity contribution is 9.10. The summed E-state index contributed by atoms with van der Waals surface area (Å²) in [5.74, 6) is 0. The molecule has 0 aliphatic rings. The molecular formula is C10H11BrN4O2S2. The maximum atomic E-state index is 12.2. The average molecular weight is 363 g/mol. The number of benzene rings is 1. The molecule has 0 bridgehead atoms. The van der Waals surface area contributed by atoms with Crippen molar-refractivity contribution in [2.45, 2.75) is 10.9 Å². The number of halogens is 1. The molecule has 0 unspecified atom stereocenters. The number of aromatic nitrogens is 2. The molecule has 2 aromatic rings. The van der Waals surface area contributed by atoms with Gasteiger partial charge >= 0.3 is 0 Å². The van der Waals surface area contributed by atoms with Crippen LogP contribution in [0.15, 0.2) is 33.1 Å². The second kappa shape index (κ2) is 5.53. The zero-order chi connectivity index (χ0) is 14.0. The van der Waals surface area contributed by atoms with Crippen LogP contribution in [0.5, 0.6) is 0 Å². The second-order valence-corrected chi connectivity index (χ2v) is 7.94. The van der Waals surface area contributed by atoms with Gasteiger partial charge in [-0.2, -0.15) is 4.31 Å². The first-order chi connectivity index (χ1) is 8.89. The molecule has 9 heteroatoms. The summed E-state index contributed by atoms with van der Waals surface area (Å²) in [4.78, 5) is 0. The largest absolute Gasteiger partial charge is 0.374 e. The minimum atomic E-state index is -3.64. The molecule has 0 radical (unpaired) electrons. The Hall–Kier alpha value is -1.03. The van der Waals surface area contributed by atoms with Crippen molar-refractivity contribution >= 4 is 42.4 Å².